The Kier molecular flexibility index (Phi) is 4.74. The van der Waals surface area contributed by atoms with Crippen molar-refractivity contribution in [2.24, 2.45) is 0 Å². The van der Waals surface area contributed by atoms with Crippen LogP contribution < -0.4 is 10.1 Å². The van der Waals surface area contributed by atoms with E-state index >= 15 is 0 Å². The van der Waals surface area contributed by atoms with Crippen molar-refractivity contribution in [2.75, 3.05) is 7.11 Å². The molecule has 1 unspecified atom stereocenters. The fourth-order valence-corrected chi connectivity index (χ4v) is 2.37. The van der Waals surface area contributed by atoms with Crippen molar-refractivity contribution in [2.45, 2.75) is 32.9 Å². The molecule has 0 saturated carbocycles. The number of hydrogen-bond acceptors (Lipinski definition) is 3. The summed E-state index contributed by atoms with van der Waals surface area (Å²) in [5.74, 6) is 0.920. The number of hydrogen-bond donors (Lipinski definition) is 1. The highest BCUT2D eigenvalue weighted by molar-refractivity contribution is 5.39. The third-order valence-electron chi connectivity index (χ3n) is 3.48. The molecule has 1 N–H and O–H groups in total. The molecule has 0 radical (unpaired) electrons. The van der Waals surface area contributed by atoms with E-state index in [1.165, 1.54) is 11.1 Å². The Morgan fingerprint density at radius 3 is 2.55 bits per heavy atom. The van der Waals surface area contributed by atoms with Crippen molar-refractivity contribution in [3.8, 4) is 5.75 Å². The van der Waals surface area contributed by atoms with Gasteiger partial charge in [0.25, 0.3) is 0 Å². The Hall–Kier alpha value is -1.87. The molecule has 0 saturated heterocycles. The summed E-state index contributed by atoms with van der Waals surface area (Å²) in [4.78, 5) is 4.39. The molecule has 1 heterocycles. The number of nitrogens with one attached hydrogen (secondary N) is 1. The van der Waals surface area contributed by atoms with Crippen molar-refractivity contribution < 1.29 is 4.74 Å². The standard InChI is InChI=1S/C17H22N2O/c1-12-8-9-17(20-4)15(11-12)13(2)19-14(3)16-7-5-6-10-18-16/h5-11,13-14,19H,1-4H3/t13?,14-/m1/s1. The first kappa shape index (κ1) is 14.5. The number of rotatable bonds is 5. The molecule has 2 aromatic rings. The number of ether oxygens (including phenoxy) is 1. The first-order valence-electron chi connectivity index (χ1n) is 6.93. The Bertz CT molecular complexity index is 554. The van der Waals surface area contributed by atoms with Gasteiger partial charge >= 0.3 is 0 Å². The van der Waals surface area contributed by atoms with Crippen molar-refractivity contribution in [3.05, 3.63) is 59.4 Å². The van der Waals surface area contributed by atoms with Gasteiger partial charge in [0.05, 0.1) is 12.8 Å². The van der Waals surface area contributed by atoms with Crippen LogP contribution in [0.3, 0.4) is 0 Å². The molecule has 2 atom stereocenters. The van der Waals surface area contributed by atoms with Crippen LogP contribution in [0.2, 0.25) is 0 Å². The zero-order valence-electron chi connectivity index (χ0n) is 12.6. The van der Waals surface area contributed by atoms with Gasteiger partial charge in [-0.3, -0.25) is 4.98 Å². The van der Waals surface area contributed by atoms with Gasteiger partial charge < -0.3 is 10.1 Å². The molecule has 0 bridgehead atoms. The molecule has 3 heteroatoms. The SMILES string of the molecule is COc1ccc(C)cc1C(C)N[C@H](C)c1ccccn1. The lowest BCUT2D eigenvalue weighted by Gasteiger charge is -2.22. The maximum absolute atomic E-state index is 5.45. The summed E-state index contributed by atoms with van der Waals surface area (Å²) < 4.78 is 5.45. The predicted molar refractivity (Wildman–Crippen MR) is 81.9 cm³/mol. The number of benzene rings is 1. The van der Waals surface area contributed by atoms with Gasteiger partial charge in [-0.25, -0.2) is 0 Å². The molecule has 0 aliphatic rings. The highest BCUT2D eigenvalue weighted by atomic mass is 16.5. The van der Waals surface area contributed by atoms with Crippen LogP contribution in [0.1, 0.15) is 42.8 Å². The quantitative estimate of drug-likeness (QED) is 0.897. The van der Waals surface area contributed by atoms with Gasteiger partial charge in [-0.2, -0.15) is 0 Å². The summed E-state index contributed by atoms with van der Waals surface area (Å²) in [7, 11) is 1.71. The monoisotopic (exact) mass is 270 g/mol. The van der Waals surface area contributed by atoms with Gasteiger partial charge in [0, 0.05) is 23.8 Å². The molecule has 3 nitrogen and oxygen atoms in total. The summed E-state index contributed by atoms with van der Waals surface area (Å²) in [5, 5.41) is 3.57. The average Bonchev–Trinajstić information content (AvgIpc) is 2.48. The second-order valence-corrected chi connectivity index (χ2v) is 5.11. The van der Waals surface area contributed by atoms with E-state index in [4.69, 9.17) is 4.74 Å². The highest BCUT2D eigenvalue weighted by Crippen LogP contribution is 2.27. The van der Waals surface area contributed by atoms with E-state index in [0.29, 0.717) is 0 Å². The largest absolute Gasteiger partial charge is 0.496 e. The van der Waals surface area contributed by atoms with Crippen molar-refractivity contribution >= 4 is 0 Å². The van der Waals surface area contributed by atoms with Gasteiger partial charge in [-0.1, -0.05) is 23.8 Å². The summed E-state index contributed by atoms with van der Waals surface area (Å²) in [5.41, 5.74) is 3.46. The fraction of sp³-hybridized carbons (Fsp3) is 0.353. The summed E-state index contributed by atoms with van der Waals surface area (Å²) in [6.07, 6.45) is 1.82. The summed E-state index contributed by atoms with van der Waals surface area (Å²) in [6.45, 7) is 6.37. The third-order valence-corrected chi connectivity index (χ3v) is 3.48. The van der Waals surface area contributed by atoms with Crippen LogP contribution in [0.5, 0.6) is 5.75 Å². The topological polar surface area (TPSA) is 34.1 Å². The zero-order chi connectivity index (χ0) is 14.5. The maximum atomic E-state index is 5.45. The molecule has 1 aromatic heterocycles. The second-order valence-electron chi connectivity index (χ2n) is 5.11. The minimum atomic E-state index is 0.191. The first-order chi connectivity index (χ1) is 9.61. The van der Waals surface area contributed by atoms with E-state index in [1.54, 1.807) is 7.11 Å². The Labute approximate surface area is 121 Å². The van der Waals surface area contributed by atoms with E-state index < -0.39 is 0 Å². The van der Waals surface area contributed by atoms with E-state index in [2.05, 4.69) is 43.2 Å². The molecule has 0 fully saturated rings. The molecule has 0 aliphatic heterocycles. The second kappa shape index (κ2) is 6.53. The van der Waals surface area contributed by atoms with Crippen molar-refractivity contribution in [1.29, 1.82) is 0 Å². The van der Waals surface area contributed by atoms with E-state index in [9.17, 15) is 0 Å². The molecular weight excluding hydrogens is 248 g/mol. The summed E-state index contributed by atoms with van der Waals surface area (Å²) in [6, 6.07) is 12.6. The highest BCUT2D eigenvalue weighted by Gasteiger charge is 2.15. The van der Waals surface area contributed by atoms with Gasteiger partial charge in [0.2, 0.25) is 0 Å². The van der Waals surface area contributed by atoms with Crippen LogP contribution >= 0.6 is 0 Å². The van der Waals surface area contributed by atoms with Gasteiger partial charge in [-0.05, 0) is 39.0 Å². The van der Waals surface area contributed by atoms with Gasteiger partial charge in [0.15, 0.2) is 0 Å². The smallest absolute Gasteiger partial charge is 0.123 e. The van der Waals surface area contributed by atoms with Crippen LogP contribution in [0.25, 0.3) is 0 Å². The maximum Gasteiger partial charge on any atom is 0.123 e. The Balaban J connectivity index is 2.16. The molecule has 106 valence electrons. The molecule has 0 aliphatic carbocycles. The van der Waals surface area contributed by atoms with Gasteiger partial charge in [-0.15, -0.1) is 0 Å². The number of pyridine rings is 1. The molecule has 2 rings (SSSR count). The lowest BCUT2D eigenvalue weighted by molar-refractivity contribution is 0.395. The van der Waals surface area contributed by atoms with E-state index in [0.717, 1.165) is 11.4 Å². The molecule has 0 spiro atoms. The summed E-state index contributed by atoms with van der Waals surface area (Å²) >= 11 is 0. The molecule has 20 heavy (non-hydrogen) atoms. The number of aryl methyl sites for hydroxylation is 1. The van der Waals surface area contributed by atoms with E-state index in [-0.39, 0.29) is 12.1 Å². The van der Waals surface area contributed by atoms with Crippen molar-refractivity contribution in [1.82, 2.24) is 10.3 Å². The lowest BCUT2D eigenvalue weighted by Crippen LogP contribution is -2.23. The van der Waals surface area contributed by atoms with Crippen LogP contribution in [0.15, 0.2) is 42.6 Å². The van der Waals surface area contributed by atoms with Crippen LogP contribution in [0.4, 0.5) is 0 Å². The lowest BCUT2D eigenvalue weighted by atomic mass is 10.0. The fourth-order valence-electron chi connectivity index (χ4n) is 2.37. The first-order valence-corrected chi connectivity index (χ1v) is 6.93. The molecule has 0 amide bonds. The van der Waals surface area contributed by atoms with Crippen LogP contribution in [-0.4, -0.2) is 12.1 Å². The third kappa shape index (κ3) is 3.36. The minimum absolute atomic E-state index is 0.191. The van der Waals surface area contributed by atoms with Crippen LogP contribution in [0, 0.1) is 6.92 Å². The Morgan fingerprint density at radius 1 is 1.10 bits per heavy atom. The number of nitrogens with zero attached hydrogens (tertiary/aromatic N) is 1. The normalized spacial score (nSPS) is 13.8. The Morgan fingerprint density at radius 2 is 1.90 bits per heavy atom. The van der Waals surface area contributed by atoms with Crippen LogP contribution in [-0.2, 0) is 0 Å². The minimum Gasteiger partial charge on any atom is -0.496 e. The molecule has 1 aromatic carbocycles. The predicted octanol–water partition coefficient (Wildman–Crippen LogP) is 3.81. The van der Waals surface area contributed by atoms with Gasteiger partial charge in [0.1, 0.15) is 5.75 Å². The molecular formula is C17H22N2O. The number of methoxy groups -OCH3 is 1. The zero-order valence-corrected chi connectivity index (χ0v) is 12.6. The van der Waals surface area contributed by atoms with E-state index in [1.807, 2.05) is 30.5 Å². The number of aromatic nitrogens is 1. The average molecular weight is 270 g/mol. The van der Waals surface area contributed by atoms with Crippen molar-refractivity contribution in [3.63, 3.8) is 0 Å².